The maximum absolute atomic E-state index is 11.3. The van der Waals surface area contributed by atoms with Crippen molar-refractivity contribution in [3.8, 4) is 11.3 Å². The van der Waals surface area contributed by atoms with Crippen LogP contribution in [0.25, 0.3) is 22.2 Å². The van der Waals surface area contributed by atoms with Crippen molar-refractivity contribution >= 4 is 44.2 Å². The summed E-state index contributed by atoms with van der Waals surface area (Å²) in [5.74, 6) is 0.411. The minimum absolute atomic E-state index is 0.00416. The zero-order valence-electron chi connectivity index (χ0n) is 16.2. The number of nitrogens with zero attached hydrogens (tertiary/aromatic N) is 4. The van der Waals surface area contributed by atoms with Gasteiger partial charge in [-0.15, -0.1) is 0 Å². The van der Waals surface area contributed by atoms with Crippen molar-refractivity contribution in [3.63, 3.8) is 0 Å². The average molecular weight is 464 g/mol. The second-order valence-corrected chi connectivity index (χ2v) is 8.21. The lowest BCUT2D eigenvalue weighted by Crippen LogP contribution is -2.01. The monoisotopic (exact) mass is 463 g/mol. The van der Waals surface area contributed by atoms with E-state index in [2.05, 4.69) is 49.0 Å². The molecule has 2 aromatic heterocycles. The molecular weight excluding hydrogens is 446 g/mol. The molecule has 7 nitrogen and oxygen atoms in total. The highest BCUT2D eigenvalue weighted by Gasteiger charge is 2.23. The highest BCUT2D eigenvalue weighted by molar-refractivity contribution is 9.10. The predicted octanol–water partition coefficient (Wildman–Crippen LogP) is 5.77. The molecular formula is C22H18BrN5O2. The van der Waals surface area contributed by atoms with Gasteiger partial charge in [0.1, 0.15) is 0 Å². The quantitative estimate of drug-likeness (QED) is 0.306. The molecule has 0 bridgehead atoms. The summed E-state index contributed by atoms with van der Waals surface area (Å²) in [4.78, 5) is 20.0. The van der Waals surface area contributed by atoms with Crippen LogP contribution in [0, 0.1) is 17.0 Å². The normalized spacial score (nSPS) is 12.9. The lowest BCUT2D eigenvalue weighted by molar-refractivity contribution is -0.385. The van der Waals surface area contributed by atoms with E-state index in [4.69, 9.17) is 4.98 Å². The van der Waals surface area contributed by atoms with Crippen LogP contribution in [-0.4, -0.2) is 19.5 Å². The van der Waals surface area contributed by atoms with Crippen LogP contribution in [0.1, 0.15) is 17.7 Å². The Bertz CT molecular complexity index is 1310. The van der Waals surface area contributed by atoms with E-state index < -0.39 is 4.92 Å². The number of aromatic nitrogens is 3. The first kappa shape index (κ1) is 18.7. The van der Waals surface area contributed by atoms with Gasteiger partial charge < -0.3 is 9.88 Å². The van der Waals surface area contributed by atoms with Crippen molar-refractivity contribution in [3.05, 3.63) is 74.5 Å². The molecule has 1 aliphatic rings. The van der Waals surface area contributed by atoms with Crippen LogP contribution >= 0.6 is 15.9 Å². The van der Waals surface area contributed by atoms with Crippen LogP contribution in [-0.2, 0) is 13.0 Å². The lowest BCUT2D eigenvalue weighted by atomic mass is 10.1. The van der Waals surface area contributed by atoms with E-state index in [9.17, 15) is 10.1 Å². The number of benzene rings is 2. The van der Waals surface area contributed by atoms with Crippen LogP contribution < -0.4 is 5.32 Å². The highest BCUT2D eigenvalue weighted by Crippen LogP contribution is 2.38. The Kier molecular flexibility index (Phi) is 4.51. The highest BCUT2D eigenvalue weighted by atomic mass is 79.9. The maximum Gasteiger partial charge on any atom is 0.285 e. The SMILES string of the molecule is Cc1cc(Br)c([N+](=O)[O-])cc1Nc1nccc(-c2c3n(c4ccccc24)CCC3)n1. The van der Waals surface area contributed by atoms with E-state index in [-0.39, 0.29) is 5.69 Å². The lowest BCUT2D eigenvalue weighted by Gasteiger charge is -2.10. The zero-order chi connectivity index (χ0) is 20.8. The number of nitro benzene ring substituents is 1. The molecule has 5 rings (SSSR count). The van der Waals surface area contributed by atoms with Gasteiger partial charge in [-0.25, -0.2) is 9.97 Å². The molecule has 0 aliphatic carbocycles. The molecule has 150 valence electrons. The number of aryl methyl sites for hydroxylation is 2. The topological polar surface area (TPSA) is 85.9 Å². The molecule has 1 N–H and O–H groups in total. The van der Waals surface area contributed by atoms with Crippen molar-refractivity contribution in [2.75, 3.05) is 5.32 Å². The van der Waals surface area contributed by atoms with Gasteiger partial charge in [0.25, 0.3) is 5.69 Å². The molecule has 0 saturated heterocycles. The van der Waals surface area contributed by atoms with Crippen molar-refractivity contribution in [2.45, 2.75) is 26.3 Å². The number of rotatable bonds is 4. The van der Waals surface area contributed by atoms with Crippen LogP contribution in [0.15, 0.2) is 53.1 Å². The molecule has 30 heavy (non-hydrogen) atoms. The molecule has 3 heterocycles. The molecule has 4 aromatic rings. The second-order valence-electron chi connectivity index (χ2n) is 7.36. The van der Waals surface area contributed by atoms with Gasteiger partial charge in [0.05, 0.1) is 20.8 Å². The van der Waals surface area contributed by atoms with Gasteiger partial charge in [-0.3, -0.25) is 10.1 Å². The molecule has 2 aromatic carbocycles. The number of hydrogen-bond donors (Lipinski definition) is 1. The molecule has 0 spiro atoms. The molecule has 0 fully saturated rings. The molecule has 0 radical (unpaired) electrons. The molecule has 0 unspecified atom stereocenters. The Morgan fingerprint density at radius 2 is 2.07 bits per heavy atom. The van der Waals surface area contributed by atoms with Gasteiger partial charge in [-0.05, 0) is 59.5 Å². The minimum atomic E-state index is -0.414. The van der Waals surface area contributed by atoms with E-state index in [1.165, 1.54) is 22.7 Å². The van der Waals surface area contributed by atoms with Crippen LogP contribution in [0.2, 0.25) is 0 Å². The van der Waals surface area contributed by atoms with Crippen molar-refractivity contribution < 1.29 is 4.92 Å². The minimum Gasteiger partial charge on any atom is -0.344 e. The first-order valence-electron chi connectivity index (χ1n) is 9.68. The molecule has 0 amide bonds. The number of nitrogens with one attached hydrogen (secondary N) is 1. The number of nitro groups is 1. The number of para-hydroxylation sites is 1. The van der Waals surface area contributed by atoms with Crippen LogP contribution in [0.5, 0.6) is 0 Å². The van der Waals surface area contributed by atoms with Gasteiger partial charge in [0.2, 0.25) is 5.95 Å². The van der Waals surface area contributed by atoms with Crippen molar-refractivity contribution in [1.82, 2.24) is 14.5 Å². The van der Waals surface area contributed by atoms with Crippen molar-refractivity contribution in [2.24, 2.45) is 0 Å². The smallest absolute Gasteiger partial charge is 0.285 e. The number of fused-ring (bicyclic) bond motifs is 3. The third kappa shape index (κ3) is 3.04. The van der Waals surface area contributed by atoms with Gasteiger partial charge in [0.15, 0.2) is 0 Å². The summed E-state index contributed by atoms with van der Waals surface area (Å²) < 4.78 is 2.82. The number of anilines is 2. The standard InChI is InChI=1S/C22H18BrN5O2/c1-13-11-15(23)20(28(29)30)12-17(13)26-22-24-9-8-16(25-22)21-14-5-2-3-6-18(14)27-10-4-7-19(21)27/h2-3,5-6,8-9,11-12H,4,7,10H2,1H3,(H,24,25,26). The summed E-state index contributed by atoms with van der Waals surface area (Å²) >= 11 is 3.25. The molecule has 0 atom stereocenters. The fraction of sp³-hybridized carbons (Fsp3) is 0.182. The molecule has 0 saturated carbocycles. The Hall–Kier alpha value is -3.26. The van der Waals surface area contributed by atoms with E-state index in [1.807, 2.05) is 19.1 Å². The second kappa shape index (κ2) is 7.21. The molecule has 1 aliphatic heterocycles. The summed E-state index contributed by atoms with van der Waals surface area (Å²) in [5.41, 5.74) is 5.99. The summed E-state index contributed by atoms with van der Waals surface area (Å²) in [6.07, 6.45) is 3.88. The van der Waals surface area contributed by atoms with Gasteiger partial charge in [-0.2, -0.15) is 0 Å². The third-order valence-electron chi connectivity index (χ3n) is 5.52. The van der Waals surface area contributed by atoms with E-state index in [1.54, 1.807) is 12.3 Å². The Morgan fingerprint density at radius 1 is 1.23 bits per heavy atom. The summed E-state index contributed by atoms with van der Waals surface area (Å²) in [5, 5.41) is 15.6. The summed E-state index contributed by atoms with van der Waals surface area (Å²) in [7, 11) is 0. The Morgan fingerprint density at radius 3 is 2.90 bits per heavy atom. The Labute approximate surface area is 181 Å². The summed E-state index contributed by atoms with van der Waals surface area (Å²) in [6.45, 7) is 2.91. The zero-order valence-corrected chi connectivity index (χ0v) is 17.8. The average Bonchev–Trinajstić information content (AvgIpc) is 3.31. The number of halogens is 1. The first-order chi connectivity index (χ1) is 14.5. The maximum atomic E-state index is 11.3. The van der Waals surface area contributed by atoms with E-state index in [0.29, 0.717) is 16.1 Å². The van der Waals surface area contributed by atoms with Gasteiger partial charge in [-0.1, -0.05) is 18.2 Å². The molecule has 8 heteroatoms. The van der Waals surface area contributed by atoms with Crippen LogP contribution in [0.4, 0.5) is 17.3 Å². The fourth-order valence-electron chi connectivity index (χ4n) is 4.18. The Balaban J connectivity index is 1.58. The van der Waals surface area contributed by atoms with E-state index >= 15 is 0 Å². The van der Waals surface area contributed by atoms with Crippen molar-refractivity contribution in [1.29, 1.82) is 0 Å². The predicted molar refractivity (Wildman–Crippen MR) is 120 cm³/mol. The van der Waals surface area contributed by atoms with E-state index in [0.717, 1.165) is 36.2 Å². The van der Waals surface area contributed by atoms with Crippen LogP contribution in [0.3, 0.4) is 0 Å². The number of hydrogen-bond acceptors (Lipinski definition) is 5. The first-order valence-corrected chi connectivity index (χ1v) is 10.5. The third-order valence-corrected chi connectivity index (χ3v) is 6.16. The van der Waals surface area contributed by atoms with Gasteiger partial charge >= 0.3 is 0 Å². The summed E-state index contributed by atoms with van der Waals surface area (Å²) in [6, 6.07) is 13.5. The largest absolute Gasteiger partial charge is 0.344 e. The van der Waals surface area contributed by atoms with Gasteiger partial charge in [0, 0.05) is 41.0 Å². The fourth-order valence-corrected chi connectivity index (χ4v) is 4.78.